The topological polar surface area (TPSA) is 78.9 Å². The molecule has 0 fully saturated rings. The average Bonchev–Trinajstić information content (AvgIpc) is 3.47. The quantitative estimate of drug-likeness (QED) is 0.0261. The van der Waals surface area contributed by atoms with Crippen LogP contribution in [0.4, 0.5) is 0 Å². The number of rotatable bonds is 71. The van der Waals surface area contributed by atoms with E-state index in [2.05, 4.69) is 32.9 Å². The fourth-order valence-electron chi connectivity index (χ4n) is 11.9. The lowest BCUT2D eigenvalue weighted by atomic mass is 10.0. The van der Waals surface area contributed by atoms with Crippen LogP contribution < -0.4 is 0 Å². The van der Waals surface area contributed by atoms with E-state index >= 15 is 0 Å². The van der Waals surface area contributed by atoms with Crippen LogP contribution >= 0.6 is 0 Å². The molecule has 0 heterocycles. The number of carbonyl (C=O) groups excluding carboxylic acids is 3. The van der Waals surface area contributed by atoms with Crippen LogP contribution in [0.5, 0.6) is 0 Å². The minimum absolute atomic E-state index is 0.0628. The van der Waals surface area contributed by atoms with E-state index in [-0.39, 0.29) is 31.1 Å². The fraction of sp³-hybridized carbons (Fsp3) is 0.934. The van der Waals surface area contributed by atoms with E-state index in [0.717, 1.165) is 57.8 Å². The molecule has 0 rings (SSSR count). The molecule has 0 aliphatic rings. The third-order valence-corrected chi connectivity index (χ3v) is 17.5. The molecule has 0 aliphatic heterocycles. The van der Waals surface area contributed by atoms with Gasteiger partial charge >= 0.3 is 17.9 Å². The average molecular weight is 1160 g/mol. The summed E-state index contributed by atoms with van der Waals surface area (Å²) in [6, 6.07) is 0. The van der Waals surface area contributed by atoms with Gasteiger partial charge in [0.15, 0.2) is 6.10 Å². The maximum Gasteiger partial charge on any atom is 0.306 e. The van der Waals surface area contributed by atoms with Crippen molar-refractivity contribution in [1.82, 2.24) is 0 Å². The first-order valence-corrected chi connectivity index (χ1v) is 37.7. The van der Waals surface area contributed by atoms with Crippen LogP contribution in [-0.4, -0.2) is 37.2 Å². The Kier molecular flexibility index (Phi) is 70.0. The summed E-state index contributed by atoms with van der Waals surface area (Å²) in [5.41, 5.74) is 0. The summed E-state index contributed by atoms with van der Waals surface area (Å²) >= 11 is 0. The van der Waals surface area contributed by atoms with Crippen molar-refractivity contribution in [3.8, 4) is 0 Å². The molecule has 6 heteroatoms. The highest BCUT2D eigenvalue weighted by atomic mass is 16.6. The van der Waals surface area contributed by atoms with Gasteiger partial charge in [-0.1, -0.05) is 386 Å². The van der Waals surface area contributed by atoms with Gasteiger partial charge in [0.25, 0.3) is 0 Å². The molecule has 1 atom stereocenters. The van der Waals surface area contributed by atoms with Crippen molar-refractivity contribution in [3.63, 3.8) is 0 Å². The van der Waals surface area contributed by atoms with E-state index < -0.39 is 6.10 Å². The van der Waals surface area contributed by atoms with Crippen molar-refractivity contribution in [2.24, 2.45) is 0 Å². The Balaban J connectivity index is 4.22. The van der Waals surface area contributed by atoms with Gasteiger partial charge in [0.2, 0.25) is 0 Å². The molecule has 0 aromatic heterocycles. The van der Waals surface area contributed by atoms with E-state index in [1.807, 2.05) is 0 Å². The van der Waals surface area contributed by atoms with Crippen LogP contribution in [0.3, 0.4) is 0 Å². The second-order valence-electron chi connectivity index (χ2n) is 25.9. The van der Waals surface area contributed by atoms with E-state index in [0.29, 0.717) is 19.3 Å². The number of allylic oxidation sites excluding steroid dienone is 2. The number of esters is 3. The van der Waals surface area contributed by atoms with Crippen LogP contribution in [0.15, 0.2) is 12.2 Å². The number of unbranched alkanes of at least 4 members (excludes halogenated alkanes) is 58. The summed E-state index contributed by atoms with van der Waals surface area (Å²) in [4.78, 5) is 38.5. The molecule has 0 radical (unpaired) electrons. The van der Waals surface area contributed by atoms with Gasteiger partial charge in [0, 0.05) is 19.3 Å². The van der Waals surface area contributed by atoms with Crippen molar-refractivity contribution < 1.29 is 28.6 Å². The summed E-state index contributed by atoms with van der Waals surface area (Å²) in [5.74, 6) is -0.824. The van der Waals surface area contributed by atoms with Crippen LogP contribution in [0.2, 0.25) is 0 Å². The standard InChI is InChI=1S/C76H146O6/c1-4-7-10-13-16-19-22-25-28-30-32-34-36-37-38-40-41-43-45-48-51-54-57-60-63-66-69-75(78)81-72-73(71-80-74(77)68-65-62-59-56-53-50-47-27-24-21-18-15-12-9-6-3)82-76(79)70-67-64-61-58-55-52-49-46-44-42-39-35-33-31-29-26-23-20-17-14-11-8-5-2/h31,33,73H,4-30,32,34-72H2,1-3H3/b33-31-. The highest BCUT2D eigenvalue weighted by molar-refractivity contribution is 5.71. The maximum absolute atomic E-state index is 13.0. The molecule has 0 aromatic carbocycles. The summed E-state index contributed by atoms with van der Waals surface area (Å²) in [6.45, 7) is 6.74. The second-order valence-corrected chi connectivity index (χ2v) is 25.9. The predicted molar refractivity (Wildman–Crippen MR) is 358 cm³/mol. The number of carbonyl (C=O) groups is 3. The van der Waals surface area contributed by atoms with Gasteiger partial charge in [-0.15, -0.1) is 0 Å². The van der Waals surface area contributed by atoms with Gasteiger partial charge in [-0.3, -0.25) is 14.4 Å². The smallest absolute Gasteiger partial charge is 0.306 e. The Bertz CT molecular complexity index is 1280. The number of hydrogen-bond acceptors (Lipinski definition) is 6. The van der Waals surface area contributed by atoms with Crippen molar-refractivity contribution in [2.45, 2.75) is 444 Å². The number of hydrogen-bond donors (Lipinski definition) is 0. The van der Waals surface area contributed by atoms with Crippen molar-refractivity contribution in [3.05, 3.63) is 12.2 Å². The Hall–Kier alpha value is -1.85. The monoisotopic (exact) mass is 1160 g/mol. The van der Waals surface area contributed by atoms with E-state index in [1.165, 1.54) is 340 Å². The van der Waals surface area contributed by atoms with Gasteiger partial charge in [0.05, 0.1) is 0 Å². The molecule has 0 amide bonds. The molecule has 0 spiro atoms. The molecule has 1 unspecified atom stereocenters. The van der Waals surface area contributed by atoms with Crippen LogP contribution in [-0.2, 0) is 28.6 Å². The zero-order valence-corrected chi connectivity index (χ0v) is 56.1. The minimum Gasteiger partial charge on any atom is -0.462 e. The third kappa shape index (κ3) is 68.9. The number of ether oxygens (including phenoxy) is 3. The summed E-state index contributed by atoms with van der Waals surface area (Å²) in [5, 5.41) is 0. The molecule has 0 saturated carbocycles. The fourth-order valence-corrected chi connectivity index (χ4v) is 11.9. The Morgan fingerprint density at radius 2 is 0.402 bits per heavy atom. The highest BCUT2D eigenvalue weighted by Gasteiger charge is 2.20. The SMILES string of the molecule is CCCCCCCCCC/C=C\CCCCCCCCCCCCCC(=O)OC(COC(=O)CCCCCCCCCCCCCCCCC)COC(=O)CCCCCCCCCCCCCCCCCCCCCCCCCCCC. The lowest BCUT2D eigenvalue weighted by Crippen LogP contribution is -2.30. The van der Waals surface area contributed by atoms with Crippen LogP contribution in [0.1, 0.15) is 438 Å². The zero-order valence-electron chi connectivity index (χ0n) is 56.1. The van der Waals surface area contributed by atoms with Crippen molar-refractivity contribution in [1.29, 1.82) is 0 Å². The van der Waals surface area contributed by atoms with Gasteiger partial charge in [-0.05, 0) is 44.9 Å². The lowest BCUT2D eigenvalue weighted by Gasteiger charge is -2.18. The van der Waals surface area contributed by atoms with Gasteiger partial charge in [-0.2, -0.15) is 0 Å². The lowest BCUT2D eigenvalue weighted by molar-refractivity contribution is -0.167. The van der Waals surface area contributed by atoms with E-state index in [4.69, 9.17) is 14.2 Å². The van der Waals surface area contributed by atoms with E-state index in [9.17, 15) is 14.4 Å². The molecular formula is C76H146O6. The molecule has 0 N–H and O–H groups in total. The van der Waals surface area contributed by atoms with Crippen molar-refractivity contribution in [2.75, 3.05) is 13.2 Å². The van der Waals surface area contributed by atoms with Crippen LogP contribution in [0, 0.1) is 0 Å². The molecule has 0 bridgehead atoms. The normalized spacial score (nSPS) is 12.0. The second kappa shape index (κ2) is 71.6. The van der Waals surface area contributed by atoms with Gasteiger partial charge < -0.3 is 14.2 Å². The first-order valence-electron chi connectivity index (χ1n) is 37.7. The molecular weight excluding hydrogens is 1010 g/mol. The van der Waals surface area contributed by atoms with Gasteiger partial charge in [-0.25, -0.2) is 0 Å². The predicted octanol–water partition coefficient (Wildman–Crippen LogP) is 26.0. The Morgan fingerprint density at radius 1 is 0.232 bits per heavy atom. The first kappa shape index (κ1) is 80.2. The summed E-state index contributed by atoms with van der Waals surface area (Å²) < 4.78 is 17.0. The molecule has 486 valence electrons. The van der Waals surface area contributed by atoms with E-state index in [1.54, 1.807) is 0 Å². The zero-order chi connectivity index (χ0) is 59.2. The molecule has 6 nitrogen and oxygen atoms in total. The summed E-state index contributed by atoms with van der Waals surface area (Å²) in [6.07, 6.45) is 86.9. The molecule has 82 heavy (non-hydrogen) atoms. The molecule has 0 saturated heterocycles. The Morgan fingerprint density at radius 3 is 0.610 bits per heavy atom. The summed E-state index contributed by atoms with van der Waals surface area (Å²) in [7, 11) is 0. The van der Waals surface area contributed by atoms with Gasteiger partial charge in [0.1, 0.15) is 13.2 Å². The molecule has 0 aliphatic carbocycles. The third-order valence-electron chi connectivity index (χ3n) is 17.5. The van der Waals surface area contributed by atoms with Crippen LogP contribution in [0.25, 0.3) is 0 Å². The first-order chi connectivity index (χ1) is 40.5. The molecule has 0 aromatic rings. The van der Waals surface area contributed by atoms with Crippen molar-refractivity contribution >= 4 is 17.9 Å². The maximum atomic E-state index is 13.0. The highest BCUT2D eigenvalue weighted by Crippen LogP contribution is 2.20. The minimum atomic E-state index is -0.767. The Labute approximate surface area is 513 Å². The largest absolute Gasteiger partial charge is 0.462 e.